The van der Waals surface area contributed by atoms with Crippen LogP contribution in [0.5, 0.6) is 11.5 Å². The average molecular weight is 345 g/mol. The van der Waals surface area contributed by atoms with E-state index in [0.717, 1.165) is 19.5 Å². The van der Waals surface area contributed by atoms with E-state index in [9.17, 15) is 4.79 Å². The van der Waals surface area contributed by atoms with Crippen LogP contribution in [0, 0.1) is 17.2 Å². The zero-order valence-corrected chi connectivity index (χ0v) is 15.2. The van der Waals surface area contributed by atoms with Crippen molar-refractivity contribution in [1.29, 1.82) is 5.26 Å². The fourth-order valence-electron chi connectivity index (χ4n) is 3.04. The highest BCUT2D eigenvalue weighted by Crippen LogP contribution is 2.27. The van der Waals surface area contributed by atoms with Gasteiger partial charge in [0.05, 0.1) is 18.7 Å². The molecule has 1 aromatic carbocycles. The van der Waals surface area contributed by atoms with Gasteiger partial charge in [-0.2, -0.15) is 5.26 Å². The third kappa shape index (κ3) is 5.64. The zero-order chi connectivity index (χ0) is 18.2. The van der Waals surface area contributed by atoms with Gasteiger partial charge in [0, 0.05) is 25.2 Å². The number of hydrogen-bond donors (Lipinski definition) is 1. The van der Waals surface area contributed by atoms with Crippen molar-refractivity contribution in [2.24, 2.45) is 5.92 Å². The summed E-state index contributed by atoms with van der Waals surface area (Å²) in [6, 6.07) is 7.47. The minimum atomic E-state index is -0.145. The number of hydrogen-bond acceptors (Lipinski definition) is 5. The number of nitrogens with zero attached hydrogens (tertiary/aromatic N) is 2. The highest BCUT2D eigenvalue weighted by molar-refractivity contribution is 5.77. The van der Waals surface area contributed by atoms with E-state index in [0.29, 0.717) is 35.6 Å². The van der Waals surface area contributed by atoms with Gasteiger partial charge in [0.15, 0.2) is 18.1 Å². The van der Waals surface area contributed by atoms with E-state index in [4.69, 9.17) is 14.7 Å². The van der Waals surface area contributed by atoms with Crippen LogP contribution in [0.4, 0.5) is 0 Å². The Bertz CT molecular complexity index is 625. The average Bonchev–Trinajstić information content (AvgIpc) is 2.64. The number of piperidine rings is 1. The van der Waals surface area contributed by atoms with E-state index < -0.39 is 0 Å². The molecule has 0 unspecified atom stereocenters. The number of rotatable bonds is 7. The highest BCUT2D eigenvalue weighted by atomic mass is 16.5. The van der Waals surface area contributed by atoms with E-state index >= 15 is 0 Å². The number of carbonyl (C=O) groups is 1. The van der Waals surface area contributed by atoms with Crippen LogP contribution in [0.25, 0.3) is 0 Å². The second-order valence-electron chi connectivity index (χ2n) is 6.67. The molecule has 0 bridgehead atoms. The fraction of sp³-hybridized carbons (Fsp3) is 0.579. The van der Waals surface area contributed by atoms with Crippen molar-refractivity contribution in [1.82, 2.24) is 10.2 Å². The molecule has 1 N–H and O–H groups in total. The topological polar surface area (TPSA) is 74.6 Å². The lowest BCUT2D eigenvalue weighted by molar-refractivity contribution is -0.123. The first-order valence-corrected chi connectivity index (χ1v) is 8.75. The molecule has 1 heterocycles. The molecule has 136 valence electrons. The van der Waals surface area contributed by atoms with Crippen molar-refractivity contribution in [2.75, 3.05) is 33.4 Å². The smallest absolute Gasteiger partial charge is 0.257 e. The largest absolute Gasteiger partial charge is 0.493 e. The monoisotopic (exact) mass is 345 g/mol. The first kappa shape index (κ1) is 19.1. The Balaban J connectivity index is 1.78. The van der Waals surface area contributed by atoms with E-state index in [2.05, 4.69) is 24.1 Å². The van der Waals surface area contributed by atoms with E-state index in [1.807, 2.05) is 6.07 Å². The standard InChI is InChI=1S/C19H27N3O3/c1-14(2)22-8-4-5-16(12-22)11-21-19(23)13-25-17-7-6-15(10-20)9-18(17)24-3/h6-7,9,14,16H,4-5,8,11-13H2,1-3H3,(H,21,23)/t16-/m0/s1. The molecule has 1 aliphatic heterocycles. The Morgan fingerprint density at radius 3 is 2.92 bits per heavy atom. The van der Waals surface area contributed by atoms with Crippen molar-refractivity contribution < 1.29 is 14.3 Å². The van der Waals surface area contributed by atoms with Crippen molar-refractivity contribution in [2.45, 2.75) is 32.7 Å². The summed E-state index contributed by atoms with van der Waals surface area (Å²) in [5, 5.41) is 11.9. The van der Waals surface area contributed by atoms with Gasteiger partial charge in [-0.15, -0.1) is 0 Å². The van der Waals surface area contributed by atoms with Crippen LogP contribution in [0.15, 0.2) is 18.2 Å². The molecule has 1 atom stereocenters. The number of ether oxygens (including phenoxy) is 2. The quantitative estimate of drug-likeness (QED) is 0.820. The molecule has 2 rings (SSSR count). The van der Waals surface area contributed by atoms with Gasteiger partial charge in [-0.1, -0.05) is 0 Å². The van der Waals surface area contributed by atoms with Crippen LogP contribution in [0.3, 0.4) is 0 Å². The number of carbonyl (C=O) groups excluding carboxylic acids is 1. The summed E-state index contributed by atoms with van der Waals surface area (Å²) in [7, 11) is 1.51. The van der Waals surface area contributed by atoms with E-state index in [1.54, 1.807) is 18.2 Å². The number of nitrogens with one attached hydrogen (secondary N) is 1. The van der Waals surface area contributed by atoms with Crippen LogP contribution in [-0.2, 0) is 4.79 Å². The van der Waals surface area contributed by atoms with Gasteiger partial charge < -0.3 is 19.7 Å². The summed E-state index contributed by atoms with van der Waals surface area (Å²) < 4.78 is 10.7. The van der Waals surface area contributed by atoms with Crippen LogP contribution in [0.1, 0.15) is 32.3 Å². The van der Waals surface area contributed by atoms with E-state index in [1.165, 1.54) is 13.5 Å². The first-order chi connectivity index (χ1) is 12.0. The molecule has 0 aliphatic carbocycles. The van der Waals surface area contributed by atoms with Gasteiger partial charge in [-0.25, -0.2) is 0 Å². The normalized spacial score (nSPS) is 17.8. The molecule has 1 aromatic rings. The van der Waals surface area contributed by atoms with Crippen LogP contribution >= 0.6 is 0 Å². The van der Waals surface area contributed by atoms with E-state index in [-0.39, 0.29) is 12.5 Å². The molecule has 1 saturated heterocycles. The predicted octanol–water partition coefficient (Wildman–Crippen LogP) is 2.18. The lowest BCUT2D eigenvalue weighted by atomic mass is 9.97. The molecule has 1 fully saturated rings. The predicted molar refractivity (Wildman–Crippen MR) is 95.6 cm³/mol. The maximum atomic E-state index is 12.1. The molecular formula is C19H27N3O3. The molecule has 0 radical (unpaired) electrons. The second-order valence-corrected chi connectivity index (χ2v) is 6.67. The second kappa shape index (κ2) is 9.28. The summed E-state index contributed by atoms with van der Waals surface area (Å²) in [4.78, 5) is 14.5. The molecule has 6 heteroatoms. The Labute approximate surface area is 149 Å². The van der Waals surface area contributed by atoms with Crippen molar-refractivity contribution in [3.63, 3.8) is 0 Å². The molecule has 1 amide bonds. The molecule has 0 spiro atoms. The molecule has 25 heavy (non-hydrogen) atoms. The van der Waals surface area contributed by atoms with Crippen LogP contribution < -0.4 is 14.8 Å². The highest BCUT2D eigenvalue weighted by Gasteiger charge is 2.22. The maximum absolute atomic E-state index is 12.1. The third-order valence-corrected chi connectivity index (χ3v) is 4.52. The molecular weight excluding hydrogens is 318 g/mol. The van der Waals surface area contributed by atoms with Crippen LogP contribution in [0.2, 0.25) is 0 Å². The minimum Gasteiger partial charge on any atom is -0.493 e. The van der Waals surface area contributed by atoms with Gasteiger partial charge in [-0.05, 0) is 51.3 Å². The molecule has 0 aromatic heterocycles. The maximum Gasteiger partial charge on any atom is 0.257 e. The summed E-state index contributed by atoms with van der Waals surface area (Å²) in [5.74, 6) is 1.25. The number of amides is 1. The summed E-state index contributed by atoms with van der Waals surface area (Å²) in [5.41, 5.74) is 0.487. The van der Waals surface area contributed by atoms with Gasteiger partial charge in [0.2, 0.25) is 0 Å². The molecule has 0 saturated carbocycles. The molecule has 6 nitrogen and oxygen atoms in total. The van der Waals surface area contributed by atoms with Gasteiger partial charge in [-0.3, -0.25) is 4.79 Å². The number of benzene rings is 1. The number of methoxy groups -OCH3 is 1. The van der Waals surface area contributed by atoms with Crippen molar-refractivity contribution >= 4 is 5.91 Å². The van der Waals surface area contributed by atoms with Crippen molar-refractivity contribution in [3.05, 3.63) is 23.8 Å². The minimum absolute atomic E-state index is 0.0666. The Morgan fingerprint density at radius 2 is 2.24 bits per heavy atom. The lowest BCUT2D eigenvalue weighted by Gasteiger charge is -2.35. The van der Waals surface area contributed by atoms with Gasteiger partial charge in [0.1, 0.15) is 0 Å². The summed E-state index contributed by atoms with van der Waals surface area (Å²) in [6.45, 7) is 7.20. The number of likely N-dealkylation sites (tertiary alicyclic amines) is 1. The van der Waals surface area contributed by atoms with Crippen LogP contribution in [-0.4, -0.2) is 50.2 Å². The van der Waals surface area contributed by atoms with Gasteiger partial charge >= 0.3 is 0 Å². The third-order valence-electron chi connectivity index (χ3n) is 4.52. The zero-order valence-electron chi connectivity index (χ0n) is 15.2. The Hall–Kier alpha value is -2.26. The Morgan fingerprint density at radius 1 is 1.44 bits per heavy atom. The van der Waals surface area contributed by atoms with Gasteiger partial charge in [0.25, 0.3) is 5.91 Å². The summed E-state index contributed by atoms with van der Waals surface area (Å²) >= 11 is 0. The molecule has 1 aliphatic rings. The lowest BCUT2D eigenvalue weighted by Crippen LogP contribution is -2.44. The fourth-order valence-corrected chi connectivity index (χ4v) is 3.04. The Kier molecular flexibility index (Phi) is 7.08. The number of nitriles is 1. The first-order valence-electron chi connectivity index (χ1n) is 8.75. The van der Waals surface area contributed by atoms with Crippen molar-refractivity contribution in [3.8, 4) is 17.6 Å². The summed E-state index contributed by atoms with van der Waals surface area (Å²) in [6.07, 6.45) is 2.32. The SMILES string of the molecule is COc1cc(C#N)ccc1OCC(=O)NC[C@@H]1CCCN(C(C)C)C1.